The average molecular weight is 254 g/mol. The monoisotopic (exact) mass is 254 g/mol. The summed E-state index contributed by atoms with van der Waals surface area (Å²) in [6, 6.07) is 3.78. The molecule has 1 aromatic carbocycles. The molecule has 0 spiro atoms. The Balaban J connectivity index is 3.11. The van der Waals surface area contributed by atoms with Gasteiger partial charge in [-0.1, -0.05) is 20.8 Å². The lowest BCUT2D eigenvalue weighted by Crippen LogP contribution is -2.14. The smallest absolute Gasteiger partial charge is 0.341 e. The second-order valence-electron chi connectivity index (χ2n) is 5.07. The van der Waals surface area contributed by atoms with Crippen LogP contribution in [-0.2, 0) is 10.2 Å². The van der Waals surface area contributed by atoms with Crippen molar-refractivity contribution < 1.29 is 14.6 Å². The first-order valence-electron chi connectivity index (χ1n) is 5.40. The molecule has 0 aliphatic heterocycles. The standard InChI is InChI=1S/C13H18O3S/c1-8-5-11(17)9(13(2,3)4)6-10(8)16-7-12(14)15/h5-6,17H,7H2,1-4H3,(H,14,15). The molecule has 1 aromatic rings. The third kappa shape index (κ3) is 3.66. The van der Waals surface area contributed by atoms with Crippen LogP contribution in [0.3, 0.4) is 0 Å². The maximum absolute atomic E-state index is 10.5. The van der Waals surface area contributed by atoms with Crippen LogP contribution in [0, 0.1) is 6.92 Å². The summed E-state index contributed by atoms with van der Waals surface area (Å²) in [6.45, 7) is 7.80. The zero-order chi connectivity index (χ0) is 13.2. The van der Waals surface area contributed by atoms with Crippen LogP contribution >= 0.6 is 12.6 Å². The highest BCUT2D eigenvalue weighted by Gasteiger charge is 2.19. The van der Waals surface area contributed by atoms with Crippen LogP contribution < -0.4 is 4.74 Å². The van der Waals surface area contributed by atoms with Crippen LogP contribution in [0.2, 0.25) is 0 Å². The van der Waals surface area contributed by atoms with E-state index in [4.69, 9.17) is 9.84 Å². The molecule has 0 saturated carbocycles. The van der Waals surface area contributed by atoms with Crippen molar-refractivity contribution in [2.75, 3.05) is 6.61 Å². The summed E-state index contributed by atoms with van der Waals surface area (Å²) in [5, 5.41) is 8.61. The van der Waals surface area contributed by atoms with Crippen molar-refractivity contribution >= 4 is 18.6 Å². The average Bonchev–Trinajstić information content (AvgIpc) is 2.13. The molecule has 0 bridgehead atoms. The van der Waals surface area contributed by atoms with Gasteiger partial charge in [0.05, 0.1) is 0 Å². The molecule has 0 fully saturated rings. The Bertz CT molecular complexity index is 433. The lowest BCUT2D eigenvalue weighted by Gasteiger charge is -2.23. The number of carbonyl (C=O) groups is 1. The zero-order valence-corrected chi connectivity index (χ0v) is 11.5. The van der Waals surface area contributed by atoms with Gasteiger partial charge in [-0.25, -0.2) is 4.79 Å². The first kappa shape index (κ1) is 13.9. The van der Waals surface area contributed by atoms with Gasteiger partial charge >= 0.3 is 5.97 Å². The summed E-state index contributed by atoms with van der Waals surface area (Å²) in [5.74, 6) is -0.369. The van der Waals surface area contributed by atoms with Gasteiger partial charge < -0.3 is 9.84 Å². The molecule has 0 heterocycles. The van der Waals surface area contributed by atoms with E-state index in [1.165, 1.54) is 0 Å². The number of hydrogen-bond acceptors (Lipinski definition) is 3. The van der Waals surface area contributed by atoms with Gasteiger partial charge in [0, 0.05) is 4.90 Å². The van der Waals surface area contributed by atoms with Crippen LogP contribution in [0.4, 0.5) is 0 Å². The molecule has 17 heavy (non-hydrogen) atoms. The fourth-order valence-corrected chi connectivity index (χ4v) is 2.16. The molecule has 0 radical (unpaired) electrons. The van der Waals surface area contributed by atoms with Gasteiger partial charge in [-0.3, -0.25) is 0 Å². The molecule has 4 heteroatoms. The highest BCUT2D eigenvalue weighted by Crippen LogP contribution is 2.33. The molecule has 1 N–H and O–H groups in total. The molecule has 0 aromatic heterocycles. The quantitative estimate of drug-likeness (QED) is 0.815. The molecular formula is C13H18O3S. The topological polar surface area (TPSA) is 46.5 Å². The molecule has 94 valence electrons. The lowest BCUT2D eigenvalue weighted by molar-refractivity contribution is -0.139. The molecule has 0 saturated heterocycles. The summed E-state index contributed by atoms with van der Waals surface area (Å²) < 4.78 is 5.26. The highest BCUT2D eigenvalue weighted by molar-refractivity contribution is 7.80. The minimum absolute atomic E-state index is 0.0495. The number of aliphatic carboxylic acids is 1. The number of ether oxygens (including phenoxy) is 1. The predicted octanol–water partition coefficient (Wildman–Crippen LogP) is 3.04. The van der Waals surface area contributed by atoms with E-state index in [1.807, 2.05) is 19.1 Å². The van der Waals surface area contributed by atoms with Crippen molar-refractivity contribution in [2.24, 2.45) is 0 Å². The van der Waals surface area contributed by atoms with E-state index in [0.29, 0.717) is 5.75 Å². The van der Waals surface area contributed by atoms with E-state index in [1.54, 1.807) is 0 Å². The van der Waals surface area contributed by atoms with Gasteiger partial charge in [0.2, 0.25) is 0 Å². The Morgan fingerprint density at radius 1 is 1.41 bits per heavy atom. The molecule has 3 nitrogen and oxygen atoms in total. The molecule has 0 unspecified atom stereocenters. The van der Waals surface area contributed by atoms with Crippen molar-refractivity contribution in [3.63, 3.8) is 0 Å². The fourth-order valence-electron chi connectivity index (χ4n) is 1.57. The van der Waals surface area contributed by atoms with E-state index in [9.17, 15) is 4.79 Å². The summed E-state index contributed by atoms with van der Waals surface area (Å²) in [7, 11) is 0. The number of aryl methyl sites for hydroxylation is 1. The van der Waals surface area contributed by atoms with Gasteiger partial charge in [-0.05, 0) is 35.6 Å². The summed E-state index contributed by atoms with van der Waals surface area (Å²) >= 11 is 4.45. The van der Waals surface area contributed by atoms with Crippen LogP contribution in [0.25, 0.3) is 0 Å². The summed E-state index contributed by atoms with van der Waals surface area (Å²) in [5.41, 5.74) is 1.89. The number of benzene rings is 1. The van der Waals surface area contributed by atoms with Crippen molar-refractivity contribution in [2.45, 2.75) is 38.0 Å². The van der Waals surface area contributed by atoms with Gasteiger partial charge in [-0.15, -0.1) is 12.6 Å². The van der Waals surface area contributed by atoms with E-state index in [2.05, 4.69) is 33.4 Å². The van der Waals surface area contributed by atoms with Crippen LogP contribution in [0.1, 0.15) is 31.9 Å². The van der Waals surface area contributed by atoms with Gasteiger partial charge in [-0.2, -0.15) is 0 Å². The predicted molar refractivity (Wildman–Crippen MR) is 70.3 cm³/mol. The van der Waals surface area contributed by atoms with Crippen LogP contribution in [0.5, 0.6) is 5.75 Å². The molecule has 0 aliphatic carbocycles. The largest absolute Gasteiger partial charge is 0.482 e. The Morgan fingerprint density at radius 2 is 2.00 bits per heavy atom. The van der Waals surface area contributed by atoms with Gasteiger partial charge in [0.25, 0.3) is 0 Å². The molecular weight excluding hydrogens is 236 g/mol. The van der Waals surface area contributed by atoms with Crippen molar-refractivity contribution in [1.29, 1.82) is 0 Å². The zero-order valence-electron chi connectivity index (χ0n) is 10.6. The first-order chi connectivity index (χ1) is 7.71. The minimum Gasteiger partial charge on any atom is -0.482 e. The van der Waals surface area contributed by atoms with Crippen LogP contribution in [-0.4, -0.2) is 17.7 Å². The van der Waals surface area contributed by atoms with E-state index in [-0.39, 0.29) is 12.0 Å². The van der Waals surface area contributed by atoms with Crippen molar-refractivity contribution in [3.8, 4) is 5.75 Å². The summed E-state index contributed by atoms with van der Waals surface area (Å²) in [4.78, 5) is 11.4. The lowest BCUT2D eigenvalue weighted by atomic mass is 9.86. The van der Waals surface area contributed by atoms with Gasteiger partial charge in [0.1, 0.15) is 5.75 Å². The molecule has 0 atom stereocenters. The summed E-state index contributed by atoms with van der Waals surface area (Å²) in [6.07, 6.45) is 0. The van der Waals surface area contributed by atoms with E-state index >= 15 is 0 Å². The number of rotatable bonds is 3. The van der Waals surface area contributed by atoms with Crippen molar-refractivity contribution in [3.05, 3.63) is 23.3 Å². The Labute approximate surface area is 107 Å². The Morgan fingerprint density at radius 3 is 2.47 bits per heavy atom. The normalized spacial score (nSPS) is 11.4. The third-order valence-electron chi connectivity index (χ3n) is 2.45. The van der Waals surface area contributed by atoms with Crippen molar-refractivity contribution in [1.82, 2.24) is 0 Å². The maximum atomic E-state index is 10.5. The second kappa shape index (κ2) is 5.00. The number of thiol groups is 1. The Hall–Kier alpha value is -1.16. The minimum atomic E-state index is -0.975. The number of carboxylic acid groups (broad SMARTS) is 1. The number of hydrogen-bond donors (Lipinski definition) is 2. The molecule has 1 rings (SSSR count). The highest BCUT2D eigenvalue weighted by atomic mass is 32.1. The Kier molecular flexibility index (Phi) is 4.09. The van der Waals surface area contributed by atoms with Crippen LogP contribution in [0.15, 0.2) is 17.0 Å². The third-order valence-corrected chi connectivity index (χ3v) is 2.82. The SMILES string of the molecule is Cc1cc(S)c(C(C)(C)C)cc1OCC(=O)O. The maximum Gasteiger partial charge on any atom is 0.341 e. The molecule has 0 aliphatic rings. The number of carboxylic acids is 1. The fraction of sp³-hybridized carbons (Fsp3) is 0.462. The molecule has 0 amide bonds. The van der Waals surface area contributed by atoms with E-state index < -0.39 is 5.97 Å². The first-order valence-corrected chi connectivity index (χ1v) is 5.85. The second-order valence-corrected chi connectivity index (χ2v) is 5.55. The van der Waals surface area contributed by atoms with Gasteiger partial charge in [0.15, 0.2) is 6.61 Å². The van der Waals surface area contributed by atoms with E-state index in [0.717, 1.165) is 16.0 Å².